The van der Waals surface area contributed by atoms with Gasteiger partial charge in [-0.05, 0) is 85.1 Å². The van der Waals surface area contributed by atoms with E-state index in [2.05, 4.69) is 42.1 Å². The molecule has 4 N–H and O–H groups in total. The minimum absolute atomic E-state index is 0.0860. The first-order chi connectivity index (χ1) is 20.5. The fourth-order valence-corrected chi connectivity index (χ4v) is 7.34. The fraction of sp³-hybridized carbons (Fsp3) is 0.517. The average molecular weight is 678 g/mol. The maximum atomic E-state index is 13.3. The van der Waals surface area contributed by atoms with Crippen molar-refractivity contribution < 1.29 is 24.0 Å². The van der Waals surface area contributed by atoms with Crippen molar-refractivity contribution in [3.05, 3.63) is 49.0 Å². The predicted molar refractivity (Wildman–Crippen MR) is 166 cm³/mol. The van der Waals surface area contributed by atoms with Crippen LogP contribution in [-0.4, -0.2) is 71.7 Å². The molecule has 1 saturated heterocycles. The molecule has 2 fully saturated rings. The number of rotatable bonds is 11. The van der Waals surface area contributed by atoms with Gasteiger partial charge in [0.2, 0.25) is 17.6 Å². The number of nitrogens with zero attached hydrogens (tertiary/aromatic N) is 2. The molecular formula is C29H37BrN6O6S. The maximum absolute atomic E-state index is 13.3. The van der Waals surface area contributed by atoms with Gasteiger partial charge < -0.3 is 25.8 Å². The molecule has 1 aliphatic heterocycles. The van der Waals surface area contributed by atoms with Crippen LogP contribution in [0.2, 0.25) is 0 Å². The zero-order valence-electron chi connectivity index (χ0n) is 24.4. The molecule has 12 nitrogen and oxygen atoms in total. The van der Waals surface area contributed by atoms with E-state index in [0.717, 1.165) is 30.3 Å². The summed E-state index contributed by atoms with van der Waals surface area (Å²) in [6, 6.07) is 1.72. The van der Waals surface area contributed by atoms with E-state index in [4.69, 9.17) is 0 Å². The number of thiophene rings is 1. The predicted octanol–water partition coefficient (Wildman–Crippen LogP) is 2.01. The van der Waals surface area contributed by atoms with Gasteiger partial charge in [-0.2, -0.15) is 0 Å². The van der Waals surface area contributed by atoms with Crippen LogP contribution in [0.4, 0.5) is 5.69 Å². The van der Waals surface area contributed by atoms with Crippen LogP contribution in [0.5, 0.6) is 0 Å². The second-order valence-corrected chi connectivity index (χ2v) is 12.9. The molecule has 14 heteroatoms. The Morgan fingerprint density at radius 3 is 2.65 bits per heavy atom. The fourth-order valence-electron chi connectivity index (χ4n) is 5.88. The highest BCUT2D eigenvalue weighted by atomic mass is 79.9. The van der Waals surface area contributed by atoms with Gasteiger partial charge in [-0.15, -0.1) is 11.3 Å². The number of anilines is 1. The molecule has 2 aromatic heterocycles. The van der Waals surface area contributed by atoms with Crippen LogP contribution in [0.25, 0.3) is 0 Å². The molecule has 1 saturated carbocycles. The first kappa shape index (κ1) is 32.6. The Bertz CT molecular complexity index is 1460. The number of ketones is 1. The number of fused-ring (bicyclic) bond motifs is 2. The number of nitrogens with one attached hydrogen (secondary N) is 4. The highest BCUT2D eigenvalue weighted by Crippen LogP contribution is 2.36. The number of likely N-dealkylation sites (N-methyl/N-ethyl adjacent to an activating group) is 1. The van der Waals surface area contributed by atoms with Gasteiger partial charge in [0, 0.05) is 36.1 Å². The molecule has 0 spiro atoms. The lowest BCUT2D eigenvalue weighted by atomic mass is 9.76. The molecule has 2 aliphatic rings. The highest BCUT2D eigenvalue weighted by Gasteiger charge is 2.37. The summed E-state index contributed by atoms with van der Waals surface area (Å²) in [6.45, 7) is 2.45. The van der Waals surface area contributed by atoms with E-state index in [0.29, 0.717) is 22.3 Å². The van der Waals surface area contributed by atoms with Crippen molar-refractivity contribution in [2.24, 2.45) is 11.8 Å². The van der Waals surface area contributed by atoms with Crippen molar-refractivity contribution in [3.8, 4) is 0 Å². The Morgan fingerprint density at radius 2 is 1.95 bits per heavy atom. The second kappa shape index (κ2) is 14.4. The Labute approximate surface area is 262 Å². The number of likely N-dealkylation sites (tertiary alicyclic amines) is 1. The highest BCUT2D eigenvalue weighted by molar-refractivity contribution is 9.10. The van der Waals surface area contributed by atoms with Gasteiger partial charge in [0.1, 0.15) is 18.3 Å². The number of piperidine rings is 1. The average Bonchev–Trinajstić information content (AvgIpc) is 3.32. The third kappa shape index (κ3) is 7.98. The smallest absolute Gasteiger partial charge is 0.287 e. The first-order valence-corrected chi connectivity index (χ1v) is 15.9. The molecule has 0 aromatic carbocycles. The van der Waals surface area contributed by atoms with Crippen LogP contribution >= 0.6 is 27.3 Å². The van der Waals surface area contributed by atoms with Gasteiger partial charge in [-0.1, -0.05) is 6.42 Å². The quantitative estimate of drug-likeness (QED) is 0.265. The molecule has 3 heterocycles. The maximum Gasteiger partial charge on any atom is 0.287 e. The minimum Gasteiger partial charge on any atom is -0.353 e. The van der Waals surface area contributed by atoms with Crippen LogP contribution < -0.4 is 26.8 Å². The largest absolute Gasteiger partial charge is 0.353 e. The van der Waals surface area contributed by atoms with E-state index in [-0.39, 0.29) is 37.1 Å². The summed E-state index contributed by atoms with van der Waals surface area (Å²) in [7, 11) is 3.33. The summed E-state index contributed by atoms with van der Waals surface area (Å²) in [6.07, 6.45) is 5.43. The lowest BCUT2D eigenvalue weighted by Crippen LogP contribution is -2.57. The van der Waals surface area contributed by atoms with Crippen molar-refractivity contribution in [3.63, 3.8) is 0 Å². The van der Waals surface area contributed by atoms with E-state index < -0.39 is 35.1 Å². The van der Waals surface area contributed by atoms with Gasteiger partial charge in [-0.3, -0.25) is 33.7 Å². The summed E-state index contributed by atoms with van der Waals surface area (Å²) in [5.41, 5.74) is 0.0115. The lowest BCUT2D eigenvalue weighted by molar-refractivity contribution is -0.137. The molecule has 4 atom stereocenters. The summed E-state index contributed by atoms with van der Waals surface area (Å²) >= 11 is 4.55. The van der Waals surface area contributed by atoms with E-state index in [1.165, 1.54) is 47.7 Å². The van der Waals surface area contributed by atoms with E-state index >= 15 is 0 Å². The van der Waals surface area contributed by atoms with Gasteiger partial charge in [-0.25, -0.2) is 0 Å². The lowest BCUT2D eigenvalue weighted by Gasteiger charge is -2.46. The van der Waals surface area contributed by atoms with Crippen LogP contribution in [0.3, 0.4) is 0 Å². The number of amides is 4. The van der Waals surface area contributed by atoms with Gasteiger partial charge in [0.05, 0.1) is 11.0 Å². The Morgan fingerprint density at radius 1 is 1.19 bits per heavy atom. The van der Waals surface area contributed by atoms with Crippen molar-refractivity contribution in [1.82, 2.24) is 25.4 Å². The number of aromatic nitrogens is 1. The van der Waals surface area contributed by atoms with Crippen molar-refractivity contribution in [1.29, 1.82) is 0 Å². The monoisotopic (exact) mass is 676 g/mol. The van der Waals surface area contributed by atoms with Crippen LogP contribution in [0.15, 0.2) is 33.0 Å². The molecular weight excluding hydrogens is 640 g/mol. The van der Waals surface area contributed by atoms with Gasteiger partial charge >= 0.3 is 0 Å². The molecule has 0 radical (unpaired) electrons. The molecule has 4 amide bonds. The molecule has 1 aliphatic carbocycles. The Kier molecular flexibility index (Phi) is 10.9. The zero-order valence-corrected chi connectivity index (χ0v) is 26.8. The van der Waals surface area contributed by atoms with E-state index in [1.54, 1.807) is 12.3 Å². The number of hydrogen-bond donors (Lipinski definition) is 4. The van der Waals surface area contributed by atoms with Crippen LogP contribution in [0, 0.1) is 18.8 Å². The number of halogens is 1. The topological polar surface area (TPSA) is 159 Å². The van der Waals surface area contributed by atoms with Crippen LogP contribution in [-0.2, 0) is 25.7 Å². The second-order valence-electron chi connectivity index (χ2n) is 11.2. The summed E-state index contributed by atoms with van der Waals surface area (Å²) < 4.78 is 1.96. The number of hydrogen-bond acceptors (Lipinski definition) is 8. The summed E-state index contributed by atoms with van der Waals surface area (Å²) in [5, 5.41) is 12.2. The number of pyridine rings is 1. The molecule has 43 heavy (non-hydrogen) atoms. The SMILES string of the molecule is CNC(=O)C(=O)CC[C@H](NC(=O)c1scc(Br)c1C)C(=O)Nc1cccn(CC(=O)NC2C3CCCC(C3)CN2C)c1=O. The molecule has 3 unspecified atom stereocenters. The third-order valence-electron chi connectivity index (χ3n) is 8.14. The first-order valence-electron chi connectivity index (χ1n) is 14.3. The molecule has 2 aromatic rings. The standard InChI is InChI=1S/C29H37BrN6O6S/c1-16-19(30)15-43-24(16)28(41)32-20(9-10-22(37)27(40)31-2)26(39)33-21-8-5-11-36(29(21)42)14-23(38)34-25-18-7-4-6-17(12-18)13-35(25)3/h5,8,11,15,17-18,20,25H,4,6-7,9-10,12-14H2,1-3H3,(H,31,40)(H,32,41)(H,33,39)(H,34,38)/t17?,18?,20-,25?/m0/s1. The number of Topliss-reactive ketones (excluding diaryl/α,β-unsaturated/α-hetero) is 1. The van der Waals surface area contributed by atoms with E-state index in [9.17, 15) is 28.8 Å². The van der Waals surface area contributed by atoms with Crippen LogP contribution in [0.1, 0.15) is 53.8 Å². The summed E-state index contributed by atoms with van der Waals surface area (Å²) in [4.78, 5) is 79.0. The van der Waals surface area contributed by atoms with Gasteiger partial charge in [0.25, 0.3) is 17.4 Å². The zero-order chi connectivity index (χ0) is 31.3. The third-order valence-corrected chi connectivity index (χ3v) is 10.3. The van der Waals surface area contributed by atoms with Crippen molar-refractivity contribution in [2.45, 2.75) is 64.2 Å². The summed E-state index contributed by atoms with van der Waals surface area (Å²) in [5.74, 6) is -2.08. The molecule has 232 valence electrons. The number of carbonyl (C=O) groups excluding carboxylic acids is 5. The van der Waals surface area contributed by atoms with Crippen molar-refractivity contribution >= 4 is 62.4 Å². The Balaban J connectivity index is 1.45. The van der Waals surface area contributed by atoms with Gasteiger partial charge in [0.15, 0.2) is 0 Å². The molecule has 2 bridgehead atoms. The minimum atomic E-state index is -1.22. The van der Waals surface area contributed by atoms with Crippen molar-refractivity contribution in [2.75, 3.05) is 26.0 Å². The molecule has 4 rings (SSSR count). The number of carbonyl (C=O) groups is 5. The normalized spacial score (nSPS) is 20.5. The van der Waals surface area contributed by atoms with E-state index in [1.807, 2.05) is 7.05 Å². The Hall–Kier alpha value is -3.36.